The molecule has 0 aliphatic carbocycles. The number of carbonyl (C=O) groups is 1. The van der Waals surface area contributed by atoms with Crippen LogP contribution in [0.1, 0.15) is 34.3 Å². The Morgan fingerprint density at radius 1 is 1.28 bits per heavy atom. The third-order valence-corrected chi connectivity index (χ3v) is 6.14. The Kier molecular flexibility index (Phi) is 5.87. The molecule has 1 amide bonds. The third kappa shape index (κ3) is 3.92. The molecular formula is C22H21N5O4S. The lowest BCUT2D eigenvalue weighted by molar-refractivity contribution is 0.100. The summed E-state index contributed by atoms with van der Waals surface area (Å²) < 4.78 is 6.90. The van der Waals surface area contributed by atoms with Crippen LogP contribution >= 0.6 is 11.3 Å². The lowest BCUT2D eigenvalue weighted by Gasteiger charge is -2.13. The molecule has 0 aromatic carbocycles. The highest BCUT2D eigenvalue weighted by Gasteiger charge is 2.21. The van der Waals surface area contributed by atoms with E-state index in [1.165, 1.54) is 16.8 Å². The van der Waals surface area contributed by atoms with Crippen molar-refractivity contribution in [2.24, 2.45) is 5.73 Å². The zero-order chi connectivity index (χ0) is 22.8. The Morgan fingerprint density at radius 2 is 2.03 bits per heavy atom. The van der Waals surface area contributed by atoms with Crippen molar-refractivity contribution in [3.05, 3.63) is 73.5 Å². The van der Waals surface area contributed by atoms with Crippen LogP contribution in [-0.2, 0) is 6.54 Å². The van der Waals surface area contributed by atoms with Crippen molar-refractivity contribution in [1.29, 1.82) is 0 Å². The molecule has 164 valence electrons. The van der Waals surface area contributed by atoms with E-state index in [1.807, 2.05) is 6.92 Å². The number of amides is 1. The highest BCUT2D eigenvalue weighted by molar-refractivity contribution is 7.20. The van der Waals surface area contributed by atoms with Crippen molar-refractivity contribution < 1.29 is 9.53 Å². The Bertz CT molecular complexity index is 1420. The number of aromatic nitrogens is 4. The van der Waals surface area contributed by atoms with Gasteiger partial charge in [0.05, 0.1) is 23.4 Å². The molecule has 4 aromatic rings. The molecule has 0 unspecified atom stereocenters. The van der Waals surface area contributed by atoms with E-state index < -0.39 is 5.91 Å². The van der Waals surface area contributed by atoms with E-state index in [1.54, 1.807) is 31.5 Å². The second kappa shape index (κ2) is 8.75. The average Bonchev–Trinajstić information content (AvgIpc) is 3.12. The molecule has 0 atom stereocenters. The molecule has 0 bridgehead atoms. The van der Waals surface area contributed by atoms with Crippen LogP contribution in [0.5, 0.6) is 5.75 Å². The highest BCUT2D eigenvalue weighted by atomic mass is 32.1. The molecule has 0 aliphatic rings. The van der Waals surface area contributed by atoms with Gasteiger partial charge in [0.1, 0.15) is 10.7 Å². The zero-order valence-electron chi connectivity index (χ0n) is 17.5. The van der Waals surface area contributed by atoms with Gasteiger partial charge in [-0.3, -0.25) is 23.9 Å². The number of pyridine rings is 2. The van der Waals surface area contributed by atoms with Crippen LogP contribution in [0.3, 0.4) is 0 Å². The van der Waals surface area contributed by atoms with Crippen LogP contribution in [-0.4, -0.2) is 32.0 Å². The monoisotopic (exact) mass is 451 g/mol. The first-order valence-corrected chi connectivity index (χ1v) is 10.8. The van der Waals surface area contributed by atoms with Gasteiger partial charge in [0.25, 0.3) is 11.5 Å². The van der Waals surface area contributed by atoms with Crippen molar-refractivity contribution in [2.45, 2.75) is 26.8 Å². The summed E-state index contributed by atoms with van der Waals surface area (Å²) in [5.41, 5.74) is 6.57. The van der Waals surface area contributed by atoms with Gasteiger partial charge in [-0.2, -0.15) is 0 Å². The van der Waals surface area contributed by atoms with Crippen molar-refractivity contribution >= 4 is 27.5 Å². The Hall–Kier alpha value is -3.79. The number of ether oxygens (including phenoxy) is 1. The molecule has 0 radical (unpaired) electrons. The fourth-order valence-electron chi connectivity index (χ4n) is 3.41. The van der Waals surface area contributed by atoms with Gasteiger partial charge in [0, 0.05) is 35.9 Å². The number of rotatable bonds is 7. The van der Waals surface area contributed by atoms with Crippen LogP contribution in [0.25, 0.3) is 21.6 Å². The van der Waals surface area contributed by atoms with Gasteiger partial charge < -0.3 is 15.5 Å². The number of H-pyrrole nitrogens is 1. The predicted octanol–water partition coefficient (Wildman–Crippen LogP) is 2.45. The lowest BCUT2D eigenvalue weighted by atomic mass is 10.2. The number of carbonyl (C=O) groups excluding carboxylic acids is 1. The number of primary amides is 1. The van der Waals surface area contributed by atoms with Crippen molar-refractivity contribution in [3.63, 3.8) is 0 Å². The second-order valence-corrected chi connectivity index (χ2v) is 8.20. The van der Waals surface area contributed by atoms with Crippen molar-refractivity contribution in [3.8, 4) is 17.1 Å². The molecule has 0 aliphatic heterocycles. The number of hydrogen-bond acceptors (Lipinski definition) is 7. The molecule has 9 nitrogen and oxygen atoms in total. The van der Waals surface area contributed by atoms with Gasteiger partial charge in [-0.25, -0.2) is 4.98 Å². The predicted molar refractivity (Wildman–Crippen MR) is 122 cm³/mol. The van der Waals surface area contributed by atoms with Gasteiger partial charge in [-0.15, -0.1) is 11.3 Å². The molecule has 4 heterocycles. The zero-order valence-corrected chi connectivity index (χ0v) is 18.4. The van der Waals surface area contributed by atoms with E-state index in [4.69, 9.17) is 10.5 Å². The quantitative estimate of drug-likeness (QED) is 0.443. The average molecular weight is 452 g/mol. The minimum absolute atomic E-state index is 0.0733. The number of fused-ring (bicyclic) bond motifs is 1. The van der Waals surface area contributed by atoms with E-state index in [9.17, 15) is 14.4 Å². The number of nitrogens with two attached hydrogens (primary N) is 1. The Morgan fingerprint density at radius 3 is 2.69 bits per heavy atom. The normalized spacial score (nSPS) is 11.1. The van der Waals surface area contributed by atoms with E-state index in [-0.39, 0.29) is 23.3 Å². The summed E-state index contributed by atoms with van der Waals surface area (Å²) in [4.78, 5) is 50.2. The van der Waals surface area contributed by atoms with Crippen LogP contribution in [0, 0.1) is 6.92 Å². The van der Waals surface area contributed by atoms with Crippen LogP contribution in [0.15, 0.2) is 46.4 Å². The maximum Gasteiger partial charge on any atom is 0.263 e. The van der Waals surface area contributed by atoms with E-state index in [0.29, 0.717) is 44.3 Å². The van der Waals surface area contributed by atoms with Crippen LogP contribution in [0.4, 0.5) is 0 Å². The summed E-state index contributed by atoms with van der Waals surface area (Å²) in [5.74, 6) is 0.0221. The van der Waals surface area contributed by atoms with Crippen molar-refractivity contribution in [2.75, 3.05) is 6.61 Å². The van der Waals surface area contributed by atoms with Gasteiger partial charge in [-0.05, 0) is 31.0 Å². The molecular weight excluding hydrogens is 430 g/mol. The second-order valence-electron chi connectivity index (χ2n) is 7.20. The molecule has 0 saturated heterocycles. The topological polar surface area (TPSA) is 133 Å². The number of thiophene rings is 1. The first-order chi connectivity index (χ1) is 15.4. The highest BCUT2D eigenvalue weighted by Crippen LogP contribution is 2.29. The van der Waals surface area contributed by atoms with E-state index >= 15 is 0 Å². The van der Waals surface area contributed by atoms with Gasteiger partial charge in [0.15, 0.2) is 5.75 Å². The van der Waals surface area contributed by atoms with E-state index in [2.05, 4.69) is 15.0 Å². The van der Waals surface area contributed by atoms with Gasteiger partial charge in [-0.1, -0.05) is 6.92 Å². The van der Waals surface area contributed by atoms with E-state index in [0.717, 1.165) is 17.8 Å². The SMILES string of the molecule is CCCOc1c[nH]c(Cn2c(-c3ccncc3)nc3sc(C(N)=O)c(C)c3c2=O)cc1=O. The summed E-state index contributed by atoms with van der Waals surface area (Å²) in [6, 6.07) is 4.89. The summed E-state index contributed by atoms with van der Waals surface area (Å²) in [6.45, 7) is 4.15. The number of nitrogens with zero attached hydrogens (tertiary/aromatic N) is 3. The maximum absolute atomic E-state index is 13.5. The maximum atomic E-state index is 13.5. The lowest BCUT2D eigenvalue weighted by Crippen LogP contribution is -2.25. The van der Waals surface area contributed by atoms with Crippen LogP contribution < -0.4 is 21.5 Å². The number of aromatic amines is 1. The smallest absolute Gasteiger partial charge is 0.263 e. The Balaban J connectivity index is 1.89. The fourth-order valence-corrected chi connectivity index (χ4v) is 4.43. The minimum atomic E-state index is -0.603. The standard InChI is InChI=1S/C22H21N5O4S/c1-3-8-31-16-10-25-14(9-15(16)28)11-27-20(13-4-6-24-7-5-13)26-21-17(22(27)30)12(2)18(32-21)19(23)29/h4-7,9-10H,3,8,11H2,1-2H3,(H2,23,29)(H,25,28). The molecule has 32 heavy (non-hydrogen) atoms. The summed E-state index contributed by atoms with van der Waals surface area (Å²) in [6.07, 6.45) is 5.49. The first-order valence-electron chi connectivity index (χ1n) is 9.99. The van der Waals surface area contributed by atoms with Crippen LogP contribution in [0.2, 0.25) is 0 Å². The van der Waals surface area contributed by atoms with Gasteiger partial charge in [0.2, 0.25) is 5.43 Å². The molecule has 0 fully saturated rings. The summed E-state index contributed by atoms with van der Waals surface area (Å²) >= 11 is 1.09. The fraction of sp³-hybridized carbons (Fsp3) is 0.227. The van der Waals surface area contributed by atoms with Gasteiger partial charge >= 0.3 is 0 Å². The molecule has 4 rings (SSSR count). The minimum Gasteiger partial charge on any atom is -0.488 e. The molecule has 4 aromatic heterocycles. The number of hydrogen-bond donors (Lipinski definition) is 2. The third-order valence-electron chi connectivity index (χ3n) is 4.94. The molecule has 0 saturated carbocycles. The van der Waals surface area contributed by atoms with Crippen molar-refractivity contribution in [1.82, 2.24) is 19.5 Å². The number of nitrogens with one attached hydrogen (secondary N) is 1. The first kappa shape index (κ1) is 21.4. The molecule has 3 N–H and O–H groups in total. The molecule has 0 spiro atoms. The Labute approximate surface area is 186 Å². The molecule has 10 heteroatoms. The number of aryl methyl sites for hydroxylation is 1. The summed E-state index contributed by atoms with van der Waals surface area (Å²) in [7, 11) is 0. The summed E-state index contributed by atoms with van der Waals surface area (Å²) in [5, 5.41) is 0.340. The largest absolute Gasteiger partial charge is 0.488 e.